The second kappa shape index (κ2) is 5.57. The third-order valence-corrected chi connectivity index (χ3v) is 3.62. The van der Waals surface area contributed by atoms with Crippen LogP contribution in [0.5, 0.6) is 11.5 Å². The Labute approximate surface area is 127 Å². The first kappa shape index (κ1) is 14.2. The van der Waals surface area contributed by atoms with Gasteiger partial charge in [-0.3, -0.25) is 4.79 Å². The van der Waals surface area contributed by atoms with Crippen LogP contribution in [0.3, 0.4) is 0 Å². The number of rotatable bonds is 3. The van der Waals surface area contributed by atoms with Crippen molar-refractivity contribution in [1.29, 1.82) is 0 Å². The lowest BCUT2D eigenvalue weighted by molar-refractivity contribution is 0.0770. The number of hydrogen-bond acceptors (Lipinski definition) is 5. The van der Waals surface area contributed by atoms with Gasteiger partial charge in [-0.2, -0.15) is 0 Å². The largest absolute Gasteiger partial charge is 0.754 e. The molecule has 1 amide bonds. The Morgan fingerprint density at radius 1 is 1.14 bits per heavy atom. The number of methoxy groups -OCH3 is 2. The Hall–Kier alpha value is -2.73. The summed E-state index contributed by atoms with van der Waals surface area (Å²) in [6.07, 6.45) is -0.844. The highest BCUT2D eigenvalue weighted by Crippen LogP contribution is 2.37. The summed E-state index contributed by atoms with van der Waals surface area (Å²) in [5.74, 6) is 0.516. The van der Waals surface area contributed by atoms with E-state index in [-0.39, 0.29) is 0 Å². The fourth-order valence-electron chi connectivity index (χ4n) is 2.49. The first-order valence-electron chi connectivity index (χ1n) is 6.74. The molecule has 0 aliphatic carbocycles. The van der Waals surface area contributed by atoms with Crippen molar-refractivity contribution in [2.24, 2.45) is 0 Å². The van der Waals surface area contributed by atoms with Crippen molar-refractivity contribution >= 4 is 11.6 Å². The number of carbonyl (C=O) groups is 1. The zero-order chi connectivity index (χ0) is 15.7. The van der Waals surface area contributed by atoms with Crippen LogP contribution in [0, 0.1) is 5.21 Å². The number of amides is 1. The molecular formula is C16H15N2O4-. The lowest BCUT2D eigenvalue weighted by Crippen LogP contribution is -2.39. The van der Waals surface area contributed by atoms with E-state index in [0.717, 1.165) is 0 Å². The van der Waals surface area contributed by atoms with Crippen molar-refractivity contribution in [2.45, 2.75) is 6.17 Å². The van der Waals surface area contributed by atoms with E-state index in [1.807, 2.05) is 6.07 Å². The molecule has 0 spiro atoms. The third-order valence-electron chi connectivity index (χ3n) is 3.62. The smallest absolute Gasteiger partial charge is 0.247 e. The van der Waals surface area contributed by atoms with Crippen LogP contribution in [0.4, 0.5) is 5.69 Å². The predicted molar refractivity (Wildman–Crippen MR) is 81.9 cm³/mol. The van der Waals surface area contributed by atoms with E-state index in [1.165, 1.54) is 7.11 Å². The first-order chi connectivity index (χ1) is 10.7. The number of benzene rings is 2. The molecule has 1 unspecified atom stereocenters. The number of carbonyl (C=O) groups excluding carboxylic acids is 1. The Morgan fingerprint density at radius 2 is 1.91 bits per heavy atom. The summed E-state index contributed by atoms with van der Waals surface area (Å²) in [6, 6.07) is 12.0. The van der Waals surface area contributed by atoms with Crippen LogP contribution in [0.2, 0.25) is 0 Å². The van der Waals surface area contributed by atoms with Crippen molar-refractivity contribution in [1.82, 2.24) is 5.06 Å². The van der Waals surface area contributed by atoms with Gasteiger partial charge < -0.3 is 25.1 Å². The standard InChI is InChI=1S/C16H15N2O4/c1-21-10-7-8-12(14(9-10)22-2)15-17-13-6-4-3-5-11(13)16(19)18(15)20/h3-9,15,17H,1-2H3/q-1. The van der Waals surface area contributed by atoms with Crippen LogP contribution in [-0.4, -0.2) is 25.2 Å². The number of ether oxygens (including phenoxy) is 2. The van der Waals surface area contributed by atoms with E-state index in [9.17, 15) is 10.0 Å². The van der Waals surface area contributed by atoms with Gasteiger partial charge in [0.25, 0.3) is 0 Å². The maximum atomic E-state index is 12.3. The summed E-state index contributed by atoms with van der Waals surface area (Å²) < 4.78 is 10.5. The van der Waals surface area contributed by atoms with Crippen molar-refractivity contribution in [2.75, 3.05) is 19.5 Å². The molecule has 6 heteroatoms. The molecule has 2 aromatic carbocycles. The molecule has 6 nitrogen and oxygen atoms in total. The lowest BCUT2D eigenvalue weighted by Gasteiger charge is -2.42. The number of nitrogens with one attached hydrogen (secondary N) is 1. The van der Waals surface area contributed by atoms with Crippen LogP contribution in [0.1, 0.15) is 22.1 Å². The Kier molecular flexibility index (Phi) is 3.60. The molecule has 0 saturated heterocycles. The quantitative estimate of drug-likeness (QED) is 0.943. The molecule has 1 heterocycles. The Morgan fingerprint density at radius 3 is 2.64 bits per heavy atom. The number of nitrogens with zero attached hydrogens (tertiary/aromatic N) is 1. The second-order valence-electron chi connectivity index (χ2n) is 4.83. The second-order valence-corrected chi connectivity index (χ2v) is 4.83. The Bertz CT molecular complexity index is 717. The SMILES string of the molecule is COc1ccc(C2Nc3ccccc3C(=O)N2[O-])c(OC)c1. The molecule has 0 bridgehead atoms. The van der Waals surface area contributed by atoms with Crippen LogP contribution in [0.15, 0.2) is 42.5 Å². The molecule has 0 radical (unpaired) electrons. The van der Waals surface area contributed by atoms with Gasteiger partial charge in [-0.25, -0.2) is 0 Å². The number of fused-ring (bicyclic) bond motifs is 1. The van der Waals surface area contributed by atoms with Crippen LogP contribution in [0.25, 0.3) is 0 Å². The number of anilines is 1. The third kappa shape index (κ3) is 2.23. The number of hydroxylamine groups is 2. The molecule has 3 rings (SSSR count). The fraction of sp³-hybridized carbons (Fsp3) is 0.188. The molecule has 1 aliphatic heterocycles. The predicted octanol–water partition coefficient (Wildman–Crippen LogP) is 2.77. The maximum Gasteiger partial charge on any atom is 0.247 e. The summed E-state index contributed by atoms with van der Waals surface area (Å²) in [4.78, 5) is 12.2. The summed E-state index contributed by atoms with van der Waals surface area (Å²) in [6.45, 7) is 0. The average molecular weight is 299 g/mol. The van der Waals surface area contributed by atoms with Gasteiger partial charge in [0.15, 0.2) is 0 Å². The molecule has 1 atom stereocenters. The van der Waals surface area contributed by atoms with E-state index in [4.69, 9.17) is 9.47 Å². The molecular weight excluding hydrogens is 284 g/mol. The van der Waals surface area contributed by atoms with Crippen molar-refractivity contribution < 1.29 is 14.3 Å². The normalized spacial score (nSPS) is 16.8. The molecule has 114 valence electrons. The van der Waals surface area contributed by atoms with E-state index in [0.29, 0.717) is 33.4 Å². The van der Waals surface area contributed by atoms with Gasteiger partial charge >= 0.3 is 0 Å². The van der Waals surface area contributed by atoms with Crippen molar-refractivity contribution in [3.63, 3.8) is 0 Å². The topological polar surface area (TPSA) is 73.9 Å². The highest BCUT2D eigenvalue weighted by atomic mass is 16.5. The van der Waals surface area contributed by atoms with Gasteiger partial charge in [-0.1, -0.05) is 12.1 Å². The highest BCUT2D eigenvalue weighted by Gasteiger charge is 2.28. The van der Waals surface area contributed by atoms with E-state index >= 15 is 0 Å². The van der Waals surface area contributed by atoms with E-state index < -0.39 is 12.1 Å². The molecule has 22 heavy (non-hydrogen) atoms. The zero-order valence-corrected chi connectivity index (χ0v) is 12.2. The maximum absolute atomic E-state index is 12.3. The molecule has 1 aliphatic rings. The van der Waals surface area contributed by atoms with Gasteiger partial charge in [0, 0.05) is 17.3 Å². The summed E-state index contributed by atoms with van der Waals surface area (Å²) in [5, 5.41) is 15.8. The van der Waals surface area contributed by atoms with Crippen molar-refractivity contribution in [3.05, 3.63) is 58.8 Å². The van der Waals surface area contributed by atoms with E-state index in [2.05, 4.69) is 5.32 Å². The highest BCUT2D eigenvalue weighted by molar-refractivity contribution is 6.02. The zero-order valence-electron chi connectivity index (χ0n) is 12.2. The molecule has 0 aromatic heterocycles. The Balaban J connectivity index is 2.04. The minimum Gasteiger partial charge on any atom is -0.754 e. The minimum absolute atomic E-state index is 0.362. The first-order valence-corrected chi connectivity index (χ1v) is 6.74. The van der Waals surface area contributed by atoms with Crippen LogP contribution in [-0.2, 0) is 0 Å². The van der Waals surface area contributed by atoms with Crippen LogP contribution >= 0.6 is 0 Å². The molecule has 2 aromatic rings. The number of hydrogen-bond donors (Lipinski definition) is 1. The fourth-order valence-corrected chi connectivity index (χ4v) is 2.49. The minimum atomic E-state index is -0.844. The summed E-state index contributed by atoms with van der Waals surface area (Å²) >= 11 is 0. The van der Waals surface area contributed by atoms with Gasteiger partial charge in [0.2, 0.25) is 5.91 Å². The van der Waals surface area contributed by atoms with E-state index in [1.54, 1.807) is 43.5 Å². The lowest BCUT2D eigenvalue weighted by atomic mass is 10.0. The van der Waals surface area contributed by atoms with Gasteiger partial charge in [-0.05, 0) is 24.3 Å². The van der Waals surface area contributed by atoms with Gasteiger partial charge in [-0.15, -0.1) is 0 Å². The summed E-state index contributed by atoms with van der Waals surface area (Å²) in [7, 11) is 3.05. The molecule has 0 saturated carbocycles. The van der Waals surface area contributed by atoms with Gasteiger partial charge in [0.1, 0.15) is 17.7 Å². The monoisotopic (exact) mass is 299 g/mol. The number of para-hydroxylation sites is 1. The summed E-state index contributed by atoms with van der Waals surface area (Å²) in [5.41, 5.74) is 1.56. The average Bonchev–Trinajstić information content (AvgIpc) is 2.57. The molecule has 1 N–H and O–H groups in total. The van der Waals surface area contributed by atoms with Crippen LogP contribution < -0.4 is 14.8 Å². The van der Waals surface area contributed by atoms with Crippen molar-refractivity contribution in [3.8, 4) is 11.5 Å². The van der Waals surface area contributed by atoms with Gasteiger partial charge in [0.05, 0.1) is 19.8 Å². The molecule has 0 fully saturated rings.